The summed E-state index contributed by atoms with van der Waals surface area (Å²) < 4.78 is 0. The summed E-state index contributed by atoms with van der Waals surface area (Å²) in [4.78, 5) is 8.56. The summed E-state index contributed by atoms with van der Waals surface area (Å²) >= 11 is 0. The number of carbonyl (C=O) groups excluding carboxylic acids is 1. The summed E-state index contributed by atoms with van der Waals surface area (Å²) in [6.45, 7) is 5.55. The van der Waals surface area contributed by atoms with Gasteiger partial charge in [0.15, 0.2) is 0 Å². The third-order valence-corrected chi connectivity index (χ3v) is 0.498. The van der Waals surface area contributed by atoms with Crippen LogP contribution in [-0.2, 0) is 0 Å². The molecule has 0 bridgehead atoms. The van der Waals surface area contributed by atoms with Gasteiger partial charge in [0.25, 0.3) is 0 Å². The lowest BCUT2D eigenvalue weighted by molar-refractivity contribution is 0.677. The lowest BCUT2D eigenvalue weighted by Gasteiger charge is -1.76. The van der Waals surface area contributed by atoms with Crippen molar-refractivity contribution in [2.75, 3.05) is 0 Å². The van der Waals surface area contributed by atoms with Gasteiger partial charge in [-0.1, -0.05) is 5.57 Å². The van der Waals surface area contributed by atoms with E-state index in [-0.39, 0.29) is 0 Å². The van der Waals surface area contributed by atoms with Crippen LogP contribution >= 0.6 is 0 Å². The molecule has 0 saturated carbocycles. The van der Waals surface area contributed by atoms with Crippen molar-refractivity contribution in [2.24, 2.45) is 0 Å². The Morgan fingerprint density at radius 1 is 1.29 bits per heavy atom. The molecule has 0 rings (SSSR count). The number of ketones is 1. The van der Waals surface area contributed by atoms with Gasteiger partial charge >= 0.3 is 5.78 Å². The van der Waals surface area contributed by atoms with Gasteiger partial charge in [0, 0.05) is 6.08 Å². The third-order valence-electron chi connectivity index (χ3n) is 0.498. The summed E-state index contributed by atoms with van der Waals surface area (Å²) in [6.07, 6.45) is 1.72. The average Bonchev–Trinajstić information content (AvgIpc) is 1.27. The van der Waals surface area contributed by atoms with E-state index in [9.17, 15) is 0 Å². The molecule has 40 valence electrons. The van der Waals surface area contributed by atoms with Gasteiger partial charge in [-0.3, -0.25) is 4.79 Å². The summed E-state index contributed by atoms with van der Waals surface area (Å²) in [7, 11) is 0. The van der Waals surface area contributed by atoms with Gasteiger partial charge in [-0.05, 0) is 13.8 Å². The van der Waals surface area contributed by atoms with E-state index in [1.807, 2.05) is 13.8 Å². The summed E-state index contributed by atoms with van der Waals surface area (Å²) in [5.41, 5.74) is 1.13. The Bertz CT molecular complexity index is 96.7. The van der Waals surface area contributed by atoms with Gasteiger partial charge in [0.1, 0.15) is 0 Å². The van der Waals surface area contributed by atoms with Crippen molar-refractivity contribution in [3.05, 3.63) is 11.6 Å². The minimum Gasteiger partial charge on any atom is -0.279 e. The Hall–Kier alpha value is -0.590. The maximum absolute atomic E-state index is 8.56. The van der Waals surface area contributed by atoms with Crippen LogP contribution in [0, 0.1) is 0 Å². The first kappa shape index (κ1) is 6.41. The van der Waals surface area contributed by atoms with Crippen LogP contribution in [0.25, 0.3) is 0 Å². The van der Waals surface area contributed by atoms with Gasteiger partial charge in [0.05, 0.1) is 6.92 Å². The lowest BCUT2D eigenvalue weighted by Crippen LogP contribution is -1.81. The van der Waals surface area contributed by atoms with Gasteiger partial charge in [-0.25, -0.2) is 0 Å². The molecule has 0 amide bonds. The van der Waals surface area contributed by atoms with Crippen LogP contribution in [-0.4, -0.2) is 10.6 Å². The van der Waals surface area contributed by atoms with Crippen LogP contribution in [0.15, 0.2) is 11.6 Å². The third kappa shape index (κ3) is 5.41. The van der Waals surface area contributed by atoms with E-state index in [4.69, 9.17) is 4.79 Å². The van der Waals surface area contributed by atoms with E-state index < -0.39 is 0 Å². The summed E-state index contributed by atoms with van der Waals surface area (Å²) in [5.74, 6) is 0.375. The first-order valence-corrected chi connectivity index (χ1v) is 2.30. The predicted octanol–water partition coefficient (Wildman–Crippen LogP) is 1.52. The molecular weight excluding hydrogens is 88.1 g/mol. The van der Waals surface area contributed by atoms with Crippen LogP contribution in [0.1, 0.15) is 20.8 Å². The van der Waals surface area contributed by atoms with Crippen molar-refractivity contribution in [3.8, 4) is 0 Å². The van der Waals surface area contributed by atoms with Crippen LogP contribution in [0.4, 0.5) is 0 Å². The van der Waals surface area contributed by atoms with Crippen molar-refractivity contribution < 1.29 is 4.79 Å². The van der Waals surface area contributed by atoms with E-state index in [2.05, 4.69) is 0 Å². The predicted molar refractivity (Wildman–Crippen MR) is 32.0 cm³/mol. The molecule has 0 radical (unpaired) electrons. The van der Waals surface area contributed by atoms with Gasteiger partial charge < -0.3 is 0 Å². The Balaban J connectivity index is 3.68. The number of rotatable bonds is 1. The minimum absolute atomic E-state index is 0.375. The van der Waals surface area contributed by atoms with E-state index in [1.54, 1.807) is 13.0 Å². The Morgan fingerprint density at radius 3 is 1.71 bits per heavy atom. The molecule has 0 atom stereocenters. The molecule has 0 aliphatic carbocycles. The molecular formula is C6H11O+. The molecule has 1 heteroatoms. The van der Waals surface area contributed by atoms with Crippen molar-refractivity contribution in [1.29, 1.82) is 0 Å². The van der Waals surface area contributed by atoms with Crippen molar-refractivity contribution >= 4 is 5.78 Å². The van der Waals surface area contributed by atoms with Gasteiger partial charge in [-0.2, -0.15) is 0 Å². The molecule has 0 unspecified atom stereocenters. The molecule has 0 spiro atoms. The minimum atomic E-state index is 0.375. The first-order valence-electron chi connectivity index (χ1n) is 2.30. The summed E-state index contributed by atoms with van der Waals surface area (Å²) in [5, 5.41) is 0. The SMILES string of the molecule is CC(=[OH+])C=C(C)C. The molecule has 0 aliphatic rings. The second-order valence-corrected chi connectivity index (χ2v) is 1.86. The lowest BCUT2D eigenvalue weighted by atomic mass is 10.3. The van der Waals surface area contributed by atoms with Crippen molar-refractivity contribution in [1.82, 2.24) is 0 Å². The highest BCUT2D eigenvalue weighted by Gasteiger charge is 1.88. The molecule has 7 heavy (non-hydrogen) atoms. The summed E-state index contributed by atoms with van der Waals surface area (Å²) in [6, 6.07) is 0. The molecule has 1 nitrogen and oxygen atoms in total. The average molecular weight is 99.2 g/mol. The highest BCUT2D eigenvalue weighted by atomic mass is 16.1. The normalized spacial score (nSPS) is 7.86. The smallest absolute Gasteiger partial charge is 0.279 e. The molecule has 0 saturated heterocycles. The molecule has 1 N–H and O–H groups in total. The second kappa shape index (κ2) is 2.56. The number of hydrogen-bond acceptors (Lipinski definition) is 0. The molecule has 0 aliphatic heterocycles. The highest BCUT2D eigenvalue weighted by Crippen LogP contribution is 1.86. The van der Waals surface area contributed by atoms with E-state index in [0.29, 0.717) is 5.78 Å². The fourth-order valence-corrected chi connectivity index (χ4v) is 0.418. The van der Waals surface area contributed by atoms with E-state index in [1.165, 1.54) is 0 Å². The Morgan fingerprint density at radius 2 is 1.71 bits per heavy atom. The Labute approximate surface area is 44.0 Å². The van der Waals surface area contributed by atoms with Crippen molar-refractivity contribution in [3.63, 3.8) is 0 Å². The second-order valence-electron chi connectivity index (χ2n) is 1.86. The monoisotopic (exact) mass is 99.1 g/mol. The fourth-order valence-electron chi connectivity index (χ4n) is 0.418. The fraction of sp³-hybridized carbons (Fsp3) is 0.500. The van der Waals surface area contributed by atoms with E-state index in [0.717, 1.165) is 5.57 Å². The van der Waals surface area contributed by atoms with E-state index >= 15 is 0 Å². The standard InChI is InChI=1S/C6H10O/c1-5(2)4-6(3)7/h4H,1-3H3/p+1. The molecule has 0 aromatic carbocycles. The van der Waals surface area contributed by atoms with Crippen molar-refractivity contribution in [2.45, 2.75) is 20.8 Å². The highest BCUT2D eigenvalue weighted by molar-refractivity contribution is 5.88. The molecule has 0 aromatic rings. The van der Waals surface area contributed by atoms with Gasteiger partial charge in [0.2, 0.25) is 0 Å². The number of allylic oxidation sites excluding steroid dienone is 2. The topological polar surface area (TPSA) is 21.4 Å². The zero-order chi connectivity index (χ0) is 5.86. The quantitative estimate of drug-likeness (QED) is 0.351. The molecule has 0 aromatic heterocycles. The first-order chi connectivity index (χ1) is 3.13. The van der Waals surface area contributed by atoms with Crippen LogP contribution in [0.3, 0.4) is 0 Å². The number of hydrogen-bond donors (Lipinski definition) is 0. The zero-order valence-corrected chi connectivity index (χ0v) is 5.02. The Kier molecular flexibility index (Phi) is 2.34. The molecule has 0 heterocycles. The molecule has 0 fully saturated rings. The largest absolute Gasteiger partial charge is 0.313 e. The zero-order valence-electron chi connectivity index (χ0n) is 5.02. The van der Waals surface area contributed by atoms with Crippen LogP contribution in [0.5, 0.6) is 0 Å². The van der Waals surface area contributed by atoms with Gasteiger partial charge in [-0.15, -0.1) is 0 Å². The van der Waals surface area contributed by atoms with Crippen LogP contribution in [0.2, 0.25) is 0 Å². The van der Waals surface area contributed by atoms with Crippen LogP contribution < -0.4 is 0 Å². The maximum atomic E-state index is 8.56. The maximum Gasteiger partial charge on any atom is 0.313 e.